The molecule has 0 unspecified atom stereocenters. The molecule has 6 heteroatoms. The first kappa shape index (κ1) is 27.3. The van der Waals surface area contributed by atoms with Crippen molar-refractivity contribution in [3.05, 3.63) is 30.3 Å². The summed E-state index contributed by atoms with van der Waals surface area (Å²) in [7, 11) is -3.57. The van der Waals surface area contributed by atoms with E-state index in [2.05, 4.69) is 6.92 Å². The summed E-state index contributed by atoms with van der Waals surface area (Å²) in [5.41, 5.74) is 0. The molecular weight excluding hydrogens is 342 g/mol. The Bertz CT molecular complexity index is 478. The normalized spacial score (nSPS) is 10.7. The Hall–Kier alpha value is 1.13. The Labute approximate surface area is 193 Å². The van der Waals surface area contributed by atoms with Gasteiger partial charge in [0.2, 0.25) is 0 Å². The van der Waals surface area contributed by atoms with Crippen molar-refractivity contribution in [1.29, 1.82) is 0 Å². The van der Waals surface area contributed by atoms with E-state index in [0.717, 1.165) is 12.8 Å². The fourth-order valence-electron chi connectivity index (χ4n) is 2.41. The van der Waals surface area contributed by atoms with Gasteiger partial charge in [0.25, 0.3) is 10.1 Å². The molecule has 1 aromatic rings. The van der Waals surface area contributed by atoms with E-state index >= 15 is 0 Å². The topological polar surface area (TPSA) is 43.4 Å². The van der Waals surface area contributed by atoms with Crippen LogP contribution < -0.4 is 0 Å². The minimum absolute atomic E-state index is 0. The van der Waals surface area contributed by atoms with E-state index in [-0.39, 0.29) is 70.6 Å². The van der Waals surface area contributed by atoms with E-state index in [1.165, 1.54) is 51.4 Å². The average molecular weight is 374 g/mol. The fraction of sp³-hybridized carbons (Fsp3) is 0.667. The van der Waals surface area contributed by atoms with Gasteiger partial charge in [-0.05, 0) is 18.6 Å². The summed E-state index contributed by atoms with van der Waals surface area (Å²) in [5, 5.41) is 0. The van der Waals surface area contributed by atoms with Crippen LogP contribution in [0.25, 0.3) is 0 Å². The zero-order chi connectivity index (χ0) is 16.1. The van der Waals surface area contributed by atoms with Crippen molar-refractivity contribution in [1.82, 2.24) is 0 Å². The van der Waals surface area contributed by atoms with E-state index in [9.17, 15) is 8.42 Å². The summed E-state index contributed by atoms with van der Waals surface area (Å²) < 4.78 is 28.8. The molecule has 0 heterocycles. The summed E-state index contributed by atoms with van der Waals surface area (Å²) in [5.74, 6) is 0. The molecule has 0 fully saturated rings. The van der Waals surface area contributed by atoms with Gasteiger partial charge in [-0.3, -0.25) is 4.18 Å². The molecular formula is C18H32Na2O3S. The van der Waals surface area contributed by atoms with E-state index in [4.69, 9.17) is 4.18 Å². The molecule has 0 bridgehead atoms. The predicted molar refractivity (Wildman–Crippen MR) is 106 cm³/mol. The van der Waals surface area contributed by atoms with Crippen LogP contribution in [-0.4, -0.2) is 74.1 Å². The van der Waals surface area contributed by atoms with Gasteiger partial charge in [0.1, 0.15) is 0 Å². The fourth-order valence-corrected chi connectivity index (χ4v) is 3.38. The molecule has 0 radical (unpaired) electrons. The van der Waals surface area contributed by atoms with Crippen LogP contribution in [0.15, 0.2) is 35.2 Å². The van der Waals surface area contributed by atoms with Crippen LogP contribution in [0, 0.1) is 0 Å². The van der Waals surface area contributed by atoms with E-state index < -0.39 is 10.1 Å². The molecule has 0 spiro atoms. The first-order valence-corrected chi connectivity index (χ1v) is 10.0. The molecule has 0 aliphatic rings. The molecule has 0 aliphatic carbocycles. The number of hydrogen-bond donors (Lipinski definition) is 0. The zero-order valence-electron chi connectivity index (χ0n) is 13.8. The molecule has 24 heavy (non-hydrogen) atoms. The van der Waals surface area contributed by atoms with Crippen molar-refractivity contribution in [2.75, 3.05) is 6.61 Å². The molecule has 0 saturated carbocycles. The second-order valence-corrected chi connectivity index (χ2v) is 7.39. The van der Waals surface area contributed by atoms with E-state index in [1.54, 1.807) is 30.3 Å². The average Bonchev–Trinajstić information content (AvgIpc) is 2.53. The third kappa shape index (κ3) is 13.3. The summed E-state index contributed by atoms with van der Waals surface area (Å²) in [6.07, 6.45) is 12.3. The van der Waals surface area contributed by atoms with Crippen molar-refractivity contribution in [3.63, 3.8) is 0 Å². The number of benzene rings is 1. The number of hydrogen-bond acceptors (Lipinski definition) is 3. The summed E-state index contributed by atoms with van der Waals surface area (Å²) in [6, 6.07) is 8.33. The quantitative estimate of drug-likeness (QED) is 0.298. The van der Waals surface area contributed by atoms with Crippen LogP contribution >= 0.6 is 0 Å². The summed E-state index contributed by atoms with van der Waals surface area (Å²) in [4.78, 5) is 0.238. The standard InChI is InChI=1S/C18H30O3S.2Na.2H/c1-2-3-4-5-6-7-8-9-10-14-17-21-22(19,20)18-15-12-11-13-16-18;;;;/h11-13,15-16H,2-10,14,17H2,1H3;;;;. The van der Waals surface area contributed by atoms with Crippen LogP contribution in [0.1, 0.15) is 71.1 Å². The van der Waals surface area contributed by atoms with Crippen LogP contribution in [-0.2, 0) is 14.3 Å². The van der Waals surface area contributed by atoms with Crippen LogP contribution in [0.5, 0.6) is 0 Å². The van der Waals surface area contributed by atoms with Gasteiger partial charge < -0.3 is 0 Å². The van der Waals surface area contributed by atoms with Gasteiger partial charge in [0.05, 0.1) is 11.5 Å². The molecule has 1 aromatic carbocycles. The predicted octanol–water partition coefficient (Wildman–Crippen LogP) is 4.02. The van der Waals surface area contributed by atoms with Crippen molar-refractivity contribution in [3.8, 4) is 0 Å². The van der Waals surface area contributed by atoms with Crippen molar-refractivity contribution < 1.29 is 12.6 Å². The number of unbranched alkanes of at least 4 members (excludes halogenated alkanes) is 9. The van der Waals surface area contributed by atoms with Gasteiger partial charge in [-0.2, -0.15) is 8.42 Å². The Balaban J connectivity index is 0. The third-order valence-electron chi connectivity index (χ3n) is 3.77. The second kappa shape index (κ2) is 17.5. The molecule has 1 rings (SSSR count). The molecule has 0 aliphatic heterocycles. The van der Waals surface area contributed by atoms with Gasteiger partial charge in [0, 0.05) is 0 Å². The van der Waals surface area contributed by atoms with Gasteiger partial charge in [0.15, 0.2) is 0 Å². The Kier molecular flexibility index (Phi) is 20.0. The molecule has 130 valence electrons. The maximum absolute atomic E-state index is 11.9. The van der Waals surface area contributed by atoms with Gasteiger partial charge in [-0.1, -0.05) is 82.9 Å². The summed E-state index contributed by atoms with van der Waals surface area (Å²) >= 11 is 0. The van der Waals surface area contributed by atoms with Crippen LogP contribution in [0.2, 0.25) is 0 Å². The monoisotopic (exact) mass is 374 g/mol. The molecule has 0 saturated heterocycles. The minimum atomic E-state index is -3.57. The molecule has 0 N–H and O–H groups in total. The van der Waals surface area contributed by atoms with Crippen LogP contribution in [0.3, 0.4) is 0 Å². The molecule has 0 amide bonds. The zero-order valence-corrected chi connectivity index (χ0v) is 14.6. The number of rotatable bonds is 13. The van der Waals surface area contributed by atoms with Crippen molar-refractivity contribution >= 4 is 69.2 Å². The molecule has 0 atom stereocenters. The van der Waals surface area contributed by atoms with E-state index in [0.29, 0.717) is 0 Å². The SMILES string of the molecule is CCCCCCCCCCCCOS(=O)(=O)c1ccccc1.[NaH].[NaH]. The van der Waals surface area contributed by atoms with Crippen molar-refractivity contribution in [2.45, 2.75) is 76.0 Å². The van der Waals surface area contributed by atoms with E-state index in [1.807, 2.05) is 0 Å². The van der Waals surface area contributed by atoms with Crippen molar-refractivity contribution in [2.24, 2.45) is 0 Å². The Morgan fingerprint density at radius 2 is 1.21 bits per heavy atom. The Morgan fingerprint density at radius 1 is 0.750 bits per heavy atom. The summed E-state index contributed by atoms with van der Waals surface area (Å²) in [6.45, 7) is 2.52. The third-order valence-corrected chi connectivity index (χ3v) is 5.09. The Morgan fingerprint density at radius 3 is 1.71 bits per heavy atom. The maximum atomic E-state index is 11.9. The van der Waals surface area contributed by atoms with Gasteiger partial charge in [-0.25, -0.2) is 0 Å². The second-order valence-electron chi connectivity index (χ2n) is 5.77. The van der Waals surface area contributed by atoms with Crippen LogP contribution in [0.4, 0.5) is 0 Å². The molecule has 3 nitrogen and oxygen atoms in total. The first-order valence-electron chi connectivity index (χ1n) is 8.61. The van der Waals surface area contributed by atoms with Gasteiger partial charge >= 0.3 is 59.1 Å². The molecule has 0 aromatic heterocycles. The van der Waals surface area contributed by atoms with Gasteiger partial charge in [-0.15, -0.1) is 0 Å². The first-order chi connectivity index (χ1) is 10.7.